The van der Waals surface area contributed by atoms with Gasteiger partial charge in [0.05, 0.1) is 19.8 Å². The molecule has 1 aromatic rings. The Balaban J connectivity index is 1.68. The first-order chi connectivity index (χ1) is 8.74. The molecule has 0 amide bonds. The van der Waals surface area contributed by atoms with Crippen molar-refractivity contribution in [1.82, 2.24) is 4.90 Å². The van der Waals surface area contributed by atoms with Crippen LogP contribution in [0.5, 0.6) is 5.75 Å². The number of halogens is 2. The van der Waals surface area contributed by atoms with Crippen molar-refractivity contribution < 1.29 is 18.3 Å². The zero-order valence-corrected chi connectivity index (χ0v) is 10.2. The van der Waals surface area contributed by atoms with Crippen molar-refractivity contribution >= 4 is 0 Å². The van der Waals surface area contributed by atoms with Gasteiger partial charge in [-0.1, -0.05) is 0 Å². The number of morpholine rings is 1. The van der Waals surface area contributed by atoms with E-state index in [9.17, 15) is 8.78 Å². The Hall–Kier alpha value is -1.20. The van der Waals surface area contributed by atoms with Crippen LogP contribution < -0.4 is 4.74 Å². The lowest BCUT2D eigenvalue weighted by atomic mass is 10.3. The van der Waals surface area contributed by atoms with Gasteiger partial charge in [-0.2, -0.15) is 0 Å². The Kier molecular flexibility index (Phi) is 4.90. The van der Waals surface area contributed by atoms with Crippen molar-refractivity contribution in [2.24, 2.45) is 0 Å². The van der Waals surface area contributed by atoms with Gasteiger partial charge in [0.2, 0.25) is 0 Å². The van der Waals surface area contributed by atoms with Gasteiger partial charge < -0.3 is 9.47 Å². The first-order valence-corrected chi connectivity index (χ1v) is 6.13. The molecule has 0 atom stereocenters. The zero-order chi connectivity index (χ0) is 12.8. The fourth-order valence-corrected chi connectivity index (χ4v) is 1.91. The van der Waals surface area contributed by atoms with E-state index in [1.807, 2.05) is 0 Å². The first kappa shape index (κ1) is 13.2. The predicted molar refractivity (Wildman–Crippen MR) is 63.7 cm³/mol. The van der Waals surface area contributed by atoms with E-state index in [2.05, 4.69) is 4.90 Å². The molecule has 1 heterocycles. The Morgan fingerprint density at radius 3 is 2.44 bits per heavy atom. The molecule has 0 aromatic heterocycles. The average molecular weight is 257 g/mol. The first-order valence-electron chi connectivity index (χ1n) is 6.13. The van der Waals surface area contributed by atoms with E-state index in [1.54, 1.807) is 0 Å². The lowest BCUT2D eigenvalue weighted by Crippen LogP contribution is -2.37. The highest BCUT2D eigenvalue weighted by atomic mass is 19.1. The molecule has 100 valence electrons. The summed E-state index contributed by atoms with van der Waals surface area (Å²) in [7, 11) is 0. The molecular formula is C13H17F2NO2. The quantitative estimate of drug-likeness (QED) is 0.754. The van der Waals surface area contributed by atoms with Crippen LogP contribution in [0.15, 0.2) is 18.2 Å². The van der Waals surface area contributed by atoms with Gasteiger partial charge >= 0.3 is 0 Å². The summed E-state index contributed by atoms with van der Waals surface area (Å²) in [6.45, 7) is 4.80. The van der Waals surface area contributed by atoms with E-state index in [0.717, 1.165) is 45.3 Å². The second kappa shape index (κ2) is 6.66. The number of hydrogen-bond donors (Lipinski definition) is 0. The number of nitrogens with zero attached hydrogens (tertiary/aromatic N) is 1. The van der Waals surface area contributed by atoms with E-state index < -0.39 is 11.6 Å². The summed E-state index contributed by atoms with van der Waals surface area (Å²) in [6, 6.07) is 3.22. The minimum Gasteiger partial charge on any atom is -0.493 e. The summed E-state index contributed by atoms with van der Waals surface area (Å²) in [4.78, 5) is 2.29. The van der Waals surface area contributed by atoms with E-state index in [1.165, 1.54) is 12.1 Å². The van der Waals surface area contributed by atoms with Gasteiger partial charge in [0.1, 0.15) is 17.4 Å². The lowest BCUT2D eigenvalue weighted by molar-refractivity contribution is 0.0358. The van der Waals surface area contributed by atoms with Crippen molar-refractivity contribution in [2.45, 2.75) is 6.42 Å². The fraction of sp³-hybridized carbons (Fsp3) is 0.538. The number of benzene rings is 1. The van der Waals surface area contributed by atoms with Crippen LogP contribution in [0.1, 0.15) is 6.42 Å². The minimum absolute atomic E-state index is 0.245. The van der Waals surface area contributed by atoms with Gasteiger partial charge in [0.15, 0.2) is 0 Å². The summed E-state index contributed by atoms with van der Waals surface area (Å²) in [6.07, 6.45) is 0.831. The van der Waals surface area contributed by atoms with Gasteiger partial charge in [-0.05, 0) is 6.42 Å². The lowest BCUT2D eigenvalue weighted by Gasteiger charge is -2.26. The number of ether oxygens (including phenoxy) is 2. The second-order valence-electron chi connectivity index (χ2n) is 4.26. The Bertz CT molecular complexity index is 361. The van der Waals surface area contributed by atoms with Gasteiger partial charge in [-0.3, -0.25) is 4.90 Å². The molecule has 1 aromatic carbocycles. The van der Waals surface area contributed by atoms with Gasteiger partial charge in [-0.25, -0.2) is 8.78 Å². The molecular weight excluding hydrogens is 240 g/mol. The molecule has 1 aliphatic heterocycles. The number of hydrogen-bond acceptors (Lipinski definition) is 3. The topological polar surface area (TPSA) is 21.7 Å². The standard InChI is InChI=1S/C13H17F2NO2/c14-11-8-12(15)10-13(9-11)18-5-1-2-16-3-6-17-7-4-16/h8-10H,1-7H2. The molecule has 1 aliphatic rings. The van der Waals surface area contributed by atoms with Gasteiger partial charge in [0, 0.05) is 37.8 Å². The molecule has 5 heteroatoms. The summed E-state index contributed by atoms with van der Waals surface area (Å²) in [5, 5.41) is 0. The molecule has 0 radical (unpaired) electrons. The summed E-state index contributed by atoms with van der Waals surface area (Å²) >= 11 is 0. The maximum absolute atomic E-state index is 12.9. The molecule has 0 aliphatic carbocycles. The predicted octanol–water partition coefficient (Wildman–Crippen LogP) is 2.07. The summed E-state index contributed by atoms with van der Waals surface area (Å²) in [5.74, 6) is -0.981. The van der Waals surface area contributed by atoms with Crippen LogP contribution in [0, 0.1) is 11.6 Å². The molecule has 0 bridgehead atoms. The van der Waals surface area contributed by atoms with Crippen LogP contribution in [-0.4, -0.2) is 44.4 Å². The third kappa shape index (κ3) is 4.23. The summed E-state index contributed by atoms with van der Waals surface area (Å²) in [5.41, 5.74) is 0. The van der Waals surface area contributed by atoms with Crippen molar-refractivity contribution in [1.29, 1.82) is 0 Å². The third-order valence-corrected chi connectivity index (χ3v) is 2.83. The van der Waals surface area contributed by atoms with Crippen LogP contribution in [0.25, 0.3) is 0 Å². The molecule has 1 fully saturated rings. The average Bonchev–Trinajstić information content (AvgIpc) is 2.35. The highest BCUT2D eigenvalue weighted by molar-refractivity contribution is 5.23. The molecule has 18 heavy (non-hydrogen) atoms. The van der Waals surface area contributed by atoms with Crippen LogP contribution >= 0.6 is 0 Å². The minimum atomic E-state index is -0.613. The normalized spacial score (nSPS) is 16.8. The van der Waals surface area contributed by atoms with Crippen LogP contribution in [0.3, 0.4) is 0 Å². The molecule has 0 spiro atoms. The highest BCUT2D eigenvalue weighted by Crippen LogP contribution is 2.15. The summed E-state index contributed by atoms with van der Waals surface area (Å²) < 4.78 is 36.3. The zero-order valence-electron chi connectivity index (χ0n) is 10.2. The maximum atomic E-state index is 12.9. The molecule has 0 N–H and O–H groups in total. The molecule has 1 saturated heterocycles. The Morgan fingerprint density at radius 1 is 1.11 bits per heavy atom. The Labute approximate surface area is 105 Å². The third-order valence-electron chi connectivity index (χ3n) is 2.83. The van der Waals surface area contributed by atoms with Crippen LogP contribution in [0.4, 0.5) is 8.78 Å². The largest absolute Gasteiger partial charge is 0.493 e. The van der Waals surface area contributed by atoms with E-state index >= 15 is 0 Å². The Morgan fingerprint density at radius 2 is 1.78 bits per heavy atom. The fourth-order valence-electron chi connectivity index (χ4n) is 1.91. The van der Waals surface area contributed by atoms with Crippen LogP contribution in [-0.2, 0) is 4.74 Å². The smallest absolute Gasteiger partial charge is 0.129 e. The number of rotatable bonds is 5. The molecule has 0 unspecified atom stereocenters. The van der Waals surface area contributed by atoms with Crippen molar-refractivity contribution in [2.75, 3.05) is 39.5 Å². The van der Waals surface area contributed by atoms with Crippen molar-refractivity contribution in [3.63, 3.8) is 0 Å². The van der Waals surface area contributed by atoms with Crippen molar-refractivity contribution in [3.8, 4) is 5.75 Å². The van der Waals surface area contributed by atoms with Gasteiger partial charge in [0.25, 0.3) is 0 Å². The van der Waals surface area contributed by atoms with Gasteiger partial charge in [-0.15, -0.1) is 0 Å². The van der Waals surface area contributed by atoms with Crippen molar-refractivity contribution in [3.05, 3.63) is 29.8 Å². The van der Waals surface area contributed by atoms with E-state index in [-0.39, 0.29) is 5.75 Å². The molecule has 0 saturated carbocycles. The highest BCUT2D eigenvalue weighted by Gasteiger charge is 2.09. The molecule has 2 rings (SSSR count). The second-order valence-corrected chi connectivity index (χ2v) is 4.26. The monoisotopic (exact) mass is 257 g/mol. The maximum Gasteiger partial charge on any atom is 0.129 e. The van der Waals surface area contributed by atoms with E-state index in [0.29, 0.717) is 6.61 Å². The SMILES string of the molecule is Fc1cc(F)cc(OCCCN2CCOCC2)c1. The van der Waals surface area contributed by atoms with Crippen LogP contribution in [0.2, 0.25) is 0 Å². The van der Waals surface area contributed by atoms with E-state index in [4.69, 9.17) is 9.47 Å². The molecule has 3 nitrogen and oxygen atoms in total.